The van der Waals surface area contributed by atoms with Gasteiger partial charge in [0.2, 0.25) is 5.91 Å². The van der Waals surface area contributed by atoms with Gasteiger partial charge in [-0.2, -0.15) is 0 Å². The Kier molecular flexibility index (Phi) is 5.88. The van der Waals surface area contributed by atoms with Crippen LogP contribution in [0.5, 0.6) is 5.75 Å². The van der Waals surface area contributed by atoms with E-state index in [0.717, 1.165) is 25.9 Å². The van der Waals surface area contributed by atoms with Crippen LogP contribution in [0.1, 0.15) is 26.2 Å². The summed E-state index contributed by atoms with van der Waals surface area (Å²) in [4.78, 5) is 14.1. The molecule has 1 saturated heterocycles. The van der Waals surface area contributed by atoms with Gasteiger partial charge in [0.25, 0.3) is 0 Å². The zero-order valence-electron chi connectivity index (χ0n) is 12.4. The highest BCUT2D eigenvalue weighted by atomic mass is 35.5. The quantitative estimate of drug-likeness (QED) is 0.909. The summed E-state index contributed by atoms with van der Waals surface area (Å²) in [5, 5.41) is 0.569. The molecule has 2 rings (SSSR count). The van der Waals surface area contributed by atoms with Crippen molar-refractivity contribution in [1.82, 2.24) is 4.90 Å². The molecule has 0 unspecified atom stereocenters. The van der Waals surface area contributed by atoms with E-state index in [2.05, 4.69) is 0 Å². The molecule has 1 aromatic carbocycles. The summed E-state index contributed by atoms with van der Waals surface area (Å²) in [7, 11) is 0. The number of amides is 1. The highest BCUT2D eigenvalue weighted by Gasteiger charge is 2.25. The maximum absolute atomic E-state index is 12.2. The Morgan fingerprint density at radius 3 is 3.00 bits per heavy atom. The lowest BCUT2D eigenvalue weighted by Crippen LogP contribution is -2.45. The first-order chi connectivity index (χ1) is 10.1. The van der Waals surface area contributed by atoms with Gasteiger partial charge >= 0.3 is 0 Å². The molecule has 0 radical (unpaired) electrons. The number of ether oxygens (including phenoxy) is 1. The molecular formula is C16H23ClN2O2. The summed E-state index contributed by atoms with van der Waals surface area (Å²) < 4.78 is 5.57. The summed E-state index contributed by atoms with van der Waals surface area (Å²) in [6, 6.07) is 7.43. The van der Waals surface area contributed by atoms with Crippen molar-refractivity contribution in [1.29, 1.82) is 0 Å². The largest absolute Gasteiger partial charge is 0.491 e. The van der Waals surface area contributed by atoms with E-state index in [0.29, 0.717) is 29.7 Å². The van der Waals surface area contributed by atoms with E-state index < -0.39 is 0 Å². The molecule has 4 nitrogen and oxygen atoms in total. The van der Waals surface area contributed by atoms with E-state index in [1.54, 1.807) is 12.1 Å². The van der Waals surface area contributed by atoms with E-state index in [4.69, 9.17) is 22.1 Å². The van der Waals surface area contributed by atoms with Gasteiger partial charge in [0.05, 0.1) is 18.1 Å². The molecule has 2 N–H and O–H groups in total. The Balaban J connectivity index is 1.78. The molecule has 0 aliphatic carbocycles. The summed E-state index contributed by atoms with van der Waals surface area (Å²) in [6.45, 7) is 3.96. The fourth-order valence-corrected chi connectivity index (χ4v) is 2.82. The van der Waals surface area contributed by atoms with Crippen LogP contribution in [0, 0.1) is 5.92 Å². The zero-order valence-corrected chi connectivity index (χ0v) is 13.2. The lowest BCUT2D eigenvalue weighted by molar-refractivity contribution is -0.133. The number of hydrogen-bond donors (Lipinski definition) is 1. The first-order valence-corrected chi connectivity index (χ1v) is 7.86. The molecule has 116 valence electrons. The van der Waals surface area contributed by atoms with E-state index >= 15 is 0 Å². The first-order valence-electron chi connectivity index (χ1n) is 7.48. The fraction of sp³-hybridized carbons (Fsp3) is 0.562. The summed E-state index contributed by atoms with van der Waals surface area (Å²) in [5.41, 5.74) is 5.94. The van der Waals surface area contributed by atoms with Crippen LogP contribution in [-0.2, 0) is 4.79 Å². The number of carbonyl (C=O) groups excluding carboxylic acids is 1. The number of halogens is 1. The van der Waals surface area contributed by atoms with Gasteiger partial charge in [0.15, 0.2) is 0 Å². The smallest absolute Gasteiger partial charge is 0.226 e. The van der Waals surface area contributed by atoms with Gasteiger partial charge in [0.1, 0.15) is 5.75 Å². The third kappa shape index (κ3) is 4.61. The van der Waals surface area contributed by atoms with Gasteiger partial charge in [-0.3, -0.25) is 4.79 Å². The van der Waals surface area contributed by atoms with Crippen molar-refractivity contribution in [3.05, 3.63) is 29.3 Å². The molecule has 2 atom stereocenters. The number of para-hydroxylation sites is 1. The van der Waals surface area contributed by atoms with Crippen LogP contribution in [0.25, 0.3) is 0 Å². The van der Waals surface area contributed by atoms with Gasteiger partial charge in [-0.15, -0.1) is 0 Å². The molecule has 1 aliphatic heterocycles. The van der Waals surface area contributed by atoms with E-state index in [1.165, 1.54) is 0 Å². The first kappa shape index (κ1) is 16.1. The minimum atomic E-state index is 0.132. The average molecular weight is 311 g/mol. The molecule has 21 heavy (non-hydrogen) atoms. The van der Waals surface area contributed by atoms with Crippen molar-refractivity contribution in [2.24, 2.45) is 11.7 Å². The fourth-order valence-electron chi connectivity index (χ4n) is 2.63. The second-order valence-corrected chi connectivity index (χ2v) is 6.04. The summed E-state index contributed by atoms with van der Waals surface area (Å²) in [5.74, 6) is 1.17. The number of nitrogens with zero attached hydrogens (tertiary/aromatic N) is 1. The van der Waals surface area contributed by atoms with Crippen molar-refractivity contribution in [3.8, 4) is 5.75 Å². The van der Waals surface area contributed by atoms with Crippen LogP contribution < -0.4 is 10.5 Å². The van der Waals surface area contributed by atoms with Crippen LogP contribution >= 0.6 is 11.6 Å². The molecule has 0 saturated carbocycles. The molecule has 1 heterocycles. The van der Waals surface area contributed by atoms with Crippen molar-refractivity contribution in [2.45, 2.75) is 32.2 Å². The Bertz CT molecular complexity index is 479. The average Bonchev–Trinajstić information content (AvgIpc) is 2.49. The number of nitrogens with two attached hydrogens (primary N) is 1. The second-order valence-electron chi connectivity index (χ2n) is 5.63. The molecule has 5 heteroatoms. The van der Waals surface area contributed by atoms with E-state index in [-0.39, 0.29) is 11.9 Å². The maximum atomic E-state index is 12.2. The Labute approximate surface area is 131 Å². The topological polar surface area (TPSA) is 55.6 Å². The lowest BCUT2D eigenvalue weighted by Gasteiger charge is -2.34. The molecule has 1 amide bonds. The van der Waals surface area contributed by atoms with Crippen LogP contribution in [0.2, 0.25) is 5.02 Å². The van der Waals surface area contributed by atoms with Crippen molar-refractivity contribution in [2.75, 3.05) is 19.7 Å². The highest BCUT2D eigenvalue weighted by Crippen LogP contribution is 2.23. The maximum Gasteiger partial charge on any atom is 0.226 e. The number of hydrogen-bond acceptors (Lipinski definition) is 3. The molecule has 1 fully saturated rings. The minimum absolute atomic E-state index is 0.132. The predicted octanol–water partition coefficient (Wildman–Crippen LogP) is 2.69. The van der Waals surface area contributed by atoms with Crippen LogP contribution in [-0.4, -0.2) is 36.5 Å². The number of carbonyl (C=O) groups is 1. The molecule has 0 spiro atoms. The van der Waals surface area contributed by atoms with Gasteiger partial charge in [0, 0.05) is 19.1 Å². The Morgan fingerprint density at radius 1 is 1.52 bits per heavy atom. The van der Waals surface area contributed by atoms with Crippen molar-refractivity contribution >= 4 is 17.5 Å². The molecule has 0 aromatic heterocycles. The second kappa shape index (κ2) is 7.66. The lowest BCUT2D eigenvalue weighted by atomic mass is 9.92. The molecule has 0 bridgehead atoms. The summed E-state index contributed by atoms with van der Waals surface area (Å²) >= 11 is 6.01. The Morgan fingerprint density at radius 2 is 2.29 bits per heavy atom. The summed E-state index contributed by atoms with van der Waals surface area (Å²) in [6.07, 6.45) is 2.51. The predicted molar refractivity (Wildman–Crippen MR) is 84.5 cm³/mol. The third-order valence-corrected chi connectivity index (χ3v) is 4.28. The number of benzene rings is 1. The van der Waals surface area contributed by atoms with Crippen LogP contribution in [0.15, 0.2) is 24.3 Å². The normalized spacial score (nSPS) is 20.1. The van der Waals surface area contributed by atoms with E-state index in [9.17, 15) is 4.79 Å². The van der Waals surface area contributed by atoms with Gasteiger partial charge in [-0.05, 0) is 37.8 Å². The highest BCUT2D eigenvalue weighted by molar-refractivity contribution is 6.32. The van der Waals surface area contributed by atoms with Gasteiger partial charge in [-0.1, -0.05) is 23.7 Å². The zero-order chi connectivity index (χ0) is 15.2. The van der Waals surface area contributed by atoms with E-state index in [1.807, 2.05) is 24.0 Å². The third-order valence-electron chi connectivity index (χ3n) is 3.96. The molecule has 1 aliphatic rings. The molecule has 1 aromatic rings. The van der Waals surface area contributed by atoms with Crippen LogP contribution in [0.3, 0.4) is 0 Å². The molecular weight excluding hydrogens is 288 g/mol. The van der Waals surface area contributed by atoms with Crippen molar-refractivity contribution < 1.29 is 9.53 Å². The Hall–Kier alpha value is -1.26. The number of likely N-dealkylation sites (tertiary alicyclic amines) is 1. The standard InChI is InChI=1S/C16H23ClN2O2/c1-12(18)13-5-4-9-19(11-13)16(20)8-10-21-15-7-3-2-6-14(15)17/h2-3,6-7,12-13H,4-5,8-11,18H2,1H3/t12-,13-/m1/s1. The number of piperidine rings is 1. The van der Waals surface area contributed by atoms with Gasteiger partial charge in [-0.25, -0.2) is 0 Å². The monoisotopic (exact) mass is 310 g/mol. The van der Waals surface area contributed by atoms with Gasteiger partial charge < -0.3 is 15.4 Å². The SMILES string of the molecule is C[C@@H](N)[C@@H]1CCCN(C(=O)CCOc2ccccc2Cl)C1. The van der Waals surface area contributed by atoms with Crippen LogP contribution in [0.4, 0.5) is 0 Å². The minimum Gasteiger partial charge on any atom is -0.491 e. The number of rotatable bonds is 5. The van der Waals surface area contributed by atoms with Crippen molar-refractivity contribution in [3.63, 3.8) is 0 Å².